The van der Waals surface area contributed by atoms with Crippen molar-refractivity contribution in [3.8, 4) is 0 Å². The fourth-order valence-electron chi connectivity index (χ4n) is 6.74. The number of carbonyl (C=O) groups excluding carboxylic acids is 4. The largest absolute Gasteiger partial charge is 0.449 e. The zero-order valence-corrected chi connectivity index (χ0v) is 32.0. The molecule has 0 atom stereocenters. The molecule has 292 valence electrons. The van der Waals surface area contributed by atoms with Crippen molar-refractivity contribution in [1.82, 2.24) is 21.3 Å². The summed E-state index contributed by atoms with van der Waals surface area (Å²) in [7, 11) is 0. The van der Waals surface area contributed by atoms with E-state index in [0.717, 1.165) is 62.5 Å². The van der Waals surface area contributed by atoms with Gasteiger partial charge in [-0.2, -0.15) is 0 Å². The first-order valence-electron chi connectivity index (χ1n) is 19.1. The Morgan fingerprint density at radius 1 is 0.509 bits per heavy atom. The monoisotopic (exact) mass is 736 g/mol. The molecule has 0 heterocycles. The maximum absolute atomic E-state index is 12.6. The molecule has 0 bridgehead atoms. The highest BCUT2D eigenvalue weighted by molar-refractivity contribution is 5.68. The summed E-state index contributed by atoms with van der Waals surface area (Å²) in [5, 5.41) is 11.5. The molecule has 0 aromatic heterocycles. The molecule has 4 N–H and O–H groups in total. The summed E-state index contributed by atoms with van der Waals surface area (Å²) < 4.78 is 21.7. The average Bonchev–Trinajstić information content (AvgIpc) is 3.15. The highest BCUT2D eigenvalue weighted by Crippen LogP contribution is 2.35. The number of alkyl carbamates (subject to hydrolysis) is 4. The van der Waals surface area contributed by atoms with Crippen LogP contribution in [0.15, 0.2) is 60.7 Å². The van der Waals surface area contributed by atoms with Crippen molar-refractivity contribution in [1.29, 1.82) is 0 Å². The van der Waals surface area contributed by atoms with Gasteiger partial charge in [-0.1, -0.05) is 88.4 Å². The Labute approximate surface area is 314 Å². The van der Waals surface area contributed by atoms with Crippen LogP contribution in [0.25, 0.3) is 0 Å². The van der Waals surface area contributed by atoms with Gasteiger partial charge in [-0.3, -0.25) is 0 Å². The Bertz CT molecular complexity index is 1310. The summed E-state index contributed by atoms with van der Waals surface area (Å²) in [6.45, 7) is 8.86. The maximum atomic E-state index is 12.6. The van der Waals surface area contributed by atoms with Crippen LogP contribution in [-0.4, -0.2) is 62.9 Å². The van der Waals surface area contributed by atoms with Gasteiger partial charge in [0.1, 0.15) is 26.4 Å². The van der Waals surface area contributed by atoms with Gasteiger partial charge in [0.25, 0.3) is 0 Å². The molecule has 0 radical (unpaired) electrons. The van der Waals surface area contributed by atoms with Gasteiger partial charge in [0.2, 0.25) is 0 Å². The minimum Gasteiger partial charge on any atom is -0.449 e. The van der Waals surface area contributed by atoms with Gasteiger partial charge in [0.05, 0.1) is 0 Å². The van der Waals surface area contributed by atoms with E-state index in [1.807, 2.05) is 88.4 Å². The molecular formula is C41H60N4O8. The molecule has 4 rings (SSSR count). The molecule has 0 unspecified atom stereocenters. The minimum atomic E-state index is -0.524. The van der Waals surface area contributed by atoms with Crippen LogP contribution in [0.2, 0.25) is 0 Å². The van der Waals surface area contributed by atoms with E-state index in [9.17, 15) is 19.2 Å². The lowest BCUT2D eigenvalue weighted by molar-refractivity contribution is 0.0444. The number of benzene rings is 2. The molecule has 2 aromatic carbocycles. The lowest BCUT2D eigenvalue weighted by Crippen LogP contribution is -2.41. The summed E-state index contributed by atoms with van der Waals surface area (Å²) >= 11 is 0. The van der Waals surface area contributed by atoms with Crippen molar-refractivity contribution in [2.45, 2.75) is 111 Å². The summed E-state index contributed by atoms with van der Waals surface area (Å²) in [6, 6.07) is 19.4. The standard InChI is InChI=1S/C41H60N4O8/c1-40(2,26-50-36(46)42-24-32-11-7-5-8-12-32)28-52-38(48)44-34-19-15-30(16-20-34)23-31-17-21-35(22-18-31)45-39(49)53-29-41(3,4)27-51-37(47)43-25-33-13-9-6-10-14-33/h5-14,30-31,34-35H,15-29H2,1-4H3,(H,42,46)(H,43,47)(H,44,48)(H,45,49). The van der Waals surface area contributed by atoms with Crippen LogP contribution >= 0.6 is 0 Å². The van der Waals surface area contributed by atoms with Crippen LogP contribution in [0.3, 0.4) is 0 Å². The zero-order valence-electron chi connectivity index (χ0n) is 32.0. The summed E-state index contributed by atoms with van der Waals surface area (Å²) in [6.07, 6.45) is 7.29. The Balaban J connectivity index is 1.01. The van der Waals surface area contributed by atoms with E-state index in [4.69, 9.17) is 18.9 Å². The number of carbonyl (C=O) groups is 4. The average molecular weight is 737 g/mol. The van der Waals surface area contributed by atoms with Gasteiger partial charge < -0.3 is 40.2 Å². The van der Waals surface area contributed by atoms with Crippen molar-refractivity contribution in [3.63, 3.8) is 0 Å². The summed E-state index contributed by atoms with van der Waals surface area (Å²) in [5.74, 6) is 1.27. The Kier molecular flexibility index (Phi) is 16.1. The van der Waals surface area contributed by atoms with E-state index in [2.05, 4.69) is 21.3 Å². The minimum absolute atomic E-state index is 0.0983. The van der Waals surface area contributed by atoms with Gasteiger partial charge in [0.15, 0.2) is 0 Å². The molecule has 0 saturated heterocycles. The second-order valence-electron chi connectivity index (χ2n) is 16.3. The van der Waals surface area contributed by atoms with E-state index in [1.165, 1.54) is 6.42 Å². The molecule has 12 heteroatoms. The number of ether oxygens (including phenoxy) is 4. The highest BCUT2D eigenvalue weighted by atomic mass is 16.6. The first-order chi connectivity index (χ1) is 25.3. The lowest BCUT2D eigenvalue weighted by atomic mass is 9.76. The fourth-order valence-corrected chi connectivity index (χ4v) is 6.74. The predicted octanol–water partition coefficient (Wildman–Crippen LogP) is 7.85. The van der Waals surface area contributed by atoms with Crippen LogP contribution in [0.1, 0.15) is 96.6 Å². The SMILES string of the molecule is CC(C)(COC(=O)NCc1ccccc1)COC(=O)NC1CCC(CC2CCC(NC(=O)OCC(C)(C)COC(=O)NCc3ccccc3)CC2)CC1. The van der Waals surface area contributed by atoms with Gasteiger partial charge in [-0.15, -0.1) is 0 Å². The molecular weight excluding hydrogens is 676 g/mol. The summed E-state index contributed by atoms with van der Waals surface area (Å²) in [5.41, 5.74) is 0.922. The topological polar surface area (TPSA) is 153 Å². The van der Waals surface area contributed by atoms with Crippen molar-refractivity contribution < 1.29 is 38.1 Å². The number of hydrogen-bond donors (Lipinski definition) is 4. The molecule has 0 spiro atoms. The smallest absolute Gasteiger partial charge is 0.407 e. The van der Waals surface area contributed by atoms with Crippen LogP contribution in [0, 0.1) is 22.7 Å². The maximum Gasteiger partial charge on any atom is 0.407 e. The van der Waals surface area contributed by atoms with E-state index in [1.54, 1.807) is 0 Å². The van der Waals surface area contributed by atoms with E-state index in [0.29, 0.717) is 24.9 Å². The predicted molar refractivity (Wildman–Crippen MR) is 202 cm³/mol. The van der Waals surface area contributed by atoms with Gasteiger partial charge in [-0.05, 0) is 80.8 Å². The van der Waals surface area contributed by atoms with Crippen molar-refractivity contribution in [3.05, 3.63) is 71.8 Å². The van der Waals surface area contributed by atoms with Crippen LogP contribution < -0.4 is 21.3 Å². The zero-order chi connectivity index (χ0) is 38.1. The van der Waals surface area contributed by atoms with Crippen LogP contribution in [0.5, 0.6) is 0 Å². The summed E-state index contributed by atoms with van der Waals surface area (Å²) in [4.78, 5) is 49.3. The van der Waals surface area contributed by atoms with Gasteiger partial charge >= 0.3 is 24.4 Å². The number of nitrogens with one attached hydrogen (secondary N) is 4. The van der Waals surface area contributed by atoms with Gasteiger partial charge in [0, 0.05) is 36.0 Å². The van der Waals surface area contributed by atoms with Crippen molar-refractivity contribution >= 4 is 24.4 Å². The molecule has 2 fully saturated rings. The quantitative estimate of drug-likeness (QED) is 0.127. The highest BCUT2D eigenvalue weighted by Gasteiger charge is 2.30. The first kappa shape index (κ1) is 41.3. The third-order valence-electron chi connectivity index (χ3n) is 9.94. The second-order valence-corrected chi connectivity index (χ2v) is 16.3. The molecule has 2 aliphatic carbocycles. The third-order valence-corrected chi connectivity index (χ3v) is 9.94. The van der Waals surface area contributed by atoms with Gasteiger partial charge in [-0.25, -0.2) is 19.2 Å². The Morgan fingerprint density at radius 2 is 0.830 bits per heavy atom. The second kappa shape index (κ2) is 20.7. The number of amides is 4. The van der Waals surface area contributed by atoms with E-state index >= 15 is 0 Å². The normalized spacial score (nSPS) is 20.3. The van der Waals surface area contributed by atoms with Crippen molar-refractivity contribution in [2.24, 2.45) is 22.7 Å². The van der Waals surface area contributed by atoms with Crippen molar-refractivity contribution in [2.75, 3.05) is 26.4 Å². The molecule has 2 aromatic rings. The fraction of sp³-hybridized carbons (Fsp3) is 0.610. The third kappa shape index (κ3) is 16.4. The molecule has 4 amide bonds. The first-order valence-corrected chi connectivity index (χ1v) is 19.1. The number of hydrogen-bond acceptors (Lipinski definition) is 8. The molecule has 0 aliphatic heterocycles. The Hall–Kier alpha value is -4.48. The van der Waals surface area contributed by atoms with Crippen LogP contribution in [-0.2, 0) is 32.0 Å². The Morgan fingerprint density at radius 3 is 1.17 bits per heavy atom. The molecule has 2 aliphatic rings. The van der Waals surface area contributed by atoms with E-state index in [-0.39, 0.29) is 38.5 Å². The molecule has 2 saturated carbocycles. The van der Waals surface area contributed by atoms with E-state index < -0.39 is 35.2 Å². The lowest BCUT2D eigenvalue weighted by Gasteiger charge is -2.34. The number of rotatable bonds is 16. The molecule has 12 nitrogen and oxygen atoms in total. The van der Waals surface area contributed by atoms with Crippen LogP contribution in [0.4, 0.5) is 19.2 Å². The molecule has 53 heavy (non-hydrogen) atoms.